The van der Waals surface area contributed by atoms with Gasteiger partial charge < -0.3 is 15.2 Å². The van der Waals surface area contributed by atoms with Gasteiger partial charge in [-0.3, -0.25) is 0 Å². The molecule has 0 aromatic heterocycles. The van der Waals surface area contributed by atoms with Crippen molar-refractivity contribution in [1.82, 2.24) is 0 Å². The smallest absolute Gasteiger partial charge is 0.138 e. The van der Waals surface area contributed by atoms with Crippen molar-refractivity contribution in [3.05, 3.63) is 21.7 Å². The van der Waals surface area contributed by atoms with E-state index in [0.717, 1.165) is 47.2 Å². The maximum atomic E-state index is 6.26. The molecule has 1 aromatic rings. The molecule has 1 aliphatic carbocycles. The van der Waals surface area contributed by atoms with E-state index in [1.807, 2.05) is 6.07 Å². The van der Waals surface area contributed by atoms with E-state index in [4.69, 9.17) is 15.2 Å². The third-order valence-electron chi connectivity index (χ3n) is 3.33. The Bertz CT molecular complexity index is 420. The van der Waals surface area contributed by atoms with Gasteiger partial charge in [0.15, 0.2) is 0 Å². The first-order chi connectivity index (χ1) is 8.19. The standard InChI is InChI=1S/C13H18BrNO2/c1-16-11-7-9(14)13(17-2)12-8(11)5-3-4-6-10(12)15/h7,10H,3-6,15H2,1-2H3/t10-/m0/s1. The fourth-order valence-corrected chi connectivity index (χ4v) is 3.10. The molecule has 0 fully saturated rings. The molecular weight excluding hydrogens is 282 g/mol. The van der Waals surface area contributed by atoms with Gasteiger partial charge in [0.05, 0.1) is 18.7 Å². The average molecular weight is 300 g/mol. The summed E-state index contributed by atoms with van der Waals surface area (Å²) in [7, 11) is 3.38. The third-order valence-corrected chi connectivity index (χ3v) is 3.92. The van der Waals surface area contributed by atoms with Gasteiger partial charge in [-0.2, -0.15) is 0 Å². The van der Waals surface area contributed by atoms with Crippen LogP contribution in [-0.4, -0.2) is 14.2 Å². The second-order valence-electron chi connectivity index (χ2n) is 4.34. The zero-order valence-corrected chi connectivity index (χ0v) is 11.8. The van der Waals surface area contributed by atoms with Gasteiger partial charge in [-0.25, -0.2) is 0 Å². The van der Waals surface area contributed by atoms with Gasteiger partial charge in [-0.1, -0.05) is 6.42 Å². The molecule has 0 heterocycles. The molecule has 2 N–H and O–H groups in total. The van der Waals surface area contributed by atoms with Crippen LogP contribution in [0.25, 0.3) is 0 Å². The van der Waals surface area contributed by atoms with Gasteiger partial charge in [-0.05, 0) is 41.3 Å². The molecule has 0 amide bonds. The Balaban J connectivity index is 2.65. The van der Waals surface area contributed by atoms with Crippen LogP contribution in [0, 0.1) is 0 Å². The molecule has 0 saturated heterocycles. The second kappa shape index (κ2) is 5.27. The van der Waals surface area contributed by atoms with Crippen molar-refractivity contribution in [2.75, 3.05) is 14.2 Å². The highest BCUT2D eigenvalue weighted by molar-refractivity contribution is 9.10. The summed E-state index contributed by atoms with van der Waals surface area (Å²) < 4.78 is 11.9. The molecule has 1 atom stereocenters. The van der Waals surface area contributed by atoms with Crippen molar-refractivity contribution >= 4 is 15.9 Å². The van der Waals surface area contributed by atoms with Crippen LogP contribution in [0.2, 0.25) is 0 Å². The lowest BCUT2D eigenvalue weighted by Gasteiger charge is -2.20. The number of methoxy groups -OCH3 is 2. The molecule has 0 radical (unpaired) electrons. The molecule has 0 aliphatic heterocycles. The van der Waals surface area contributed by atoms with Crippen LogP contribution in [0.1, 0.15) is 36.4 Å². The van der Waals surface area contributed by atoms with Gasteiger partial charge in [0.2, 0.25) is 0 Å². The maximum Gasteiger partial charge on any atom is 0.138 e. The molecule has 4 heteroatoms. The van der Waals surface area contributed by atoms with E-state index < -0.39 is 0 Å². The Kier molecular flexibility index (Phi) is 3.94. The van der Waals surface area contributed by atoms with Crippen LogP contribution >= 0.6 is 15.9 Å². The van der Waals surface area contributed by atoms with Gasteiger partial charge in [0, 0.05) is 17.2 Å². The topological polar surface area (TPSA) is 44.5 Å². The van der Waals surface area contributed by atoms with Crippen molar-refractivity contribution in [2.24, 2.45) is 5.73 Å². The Hall–Kier alpha value is -0.740. The summed E-state index contributed by atoms with van der Waals surface area (Å²) >= 11 is 3.52. The molecule has 3 nitrogen and oxygen atoms in total. The van der Waals surface area contributed by atoms with Gasteiger partial charge in [-0.15, -0.1) is 0 Å². The molecule has 0 saturated carbocycles. The number of fused-ring (bicyclic) bond motifs is 1. The highest BCUT2D eigenvalue weighted by Crippen LogP contribution is 2.43. The van der Waals surface area contributed by atoms with Crippen LogP contribution in [0.15, 0.2) is 10.5 Å². The predicted molar refractivity (Wildman–Crippen MR) is 71.7 cm³/mol. The Labute approximate surface area is 110 Å². The van der Waals surface area contributed by atoms with Gasteiger partial charge in [0.1, 0.15) is 11.5 Å². The normalized spacial score (nSPS) is 19.4. The monoisotopic (exact) mass is 299 g/mol. The number of hydrogen-bond donors (Lipinski definition) is 1. The van der Waals surface area contributed by atoms with Gasteiger partial charge >= 0.3 is 0 Å². The lowest BCUT2D eigenvalue weighted by Crippen LogP contribution is -2.13. The summed E-state index contributed by atoms with van der Waals surface area (Å²) in [5.41, 5.74) is 8.57. The number of benzene rings is 1. The number of halogens is 1. The first-order valence-electron chi connectivity index (χ1n) is 5.87. The zero-order chi connectivity index (χ0) is 12.4. The SMILES string of the molecule is COc1cc(Br)c(OC)c2c1CCCC[C@@H]2N. The summed E-state index contributed by atoms with van der Waals surface area (Å²) in [6.07, 6.45) is 4.32. The minimum Gasteiger partial charge on any atom is -0.496 e. The van der Waals surface area contributed by atoms with Crippen LogP contribution in [0.4, 0.5) is 0 Å². The fourth-order valence-electron chi connectivity index (χ4n) is 2.52. The molecule has 0 bridgehead atoms. The van der Waals surface area contributed by atoms with E-state index >= 15 is 0 Å². The summed E-state index contributed by atoms with van der Waals surface area (Å²) in [6, 6.07) is 2.00. The molecular formula is C13H18BrNO2. The van der Waals surface area contributed by atoms with E-state index in [1.54, 1.807) is 14.2 Å². The van der Waals surface area contributed by atoms with Crippen LogP contribution in [-0.2, 0) is 6.42 Å². The number of hydrogen-bond acceptors (Lipinski definition) is 3. The summed E-state index contributed by atoms with van der Waals surface area (Å²) in [5, 5.41) is 0. The Morgan fingerprint density at radius 1 is 1.29 bits per heavy atom. The van der Waals surface area contributed by atoms with E-state index in [1.165, 1.54) is 5.56 Å². The molecule has 0 spiro atoms. The van der Waals surface area contributed by atoms with Crippen LogP contribution < -0.4 is 15.2 Å². The molecule has 0 unspecified atom stereocenters. The number of rotatable bonds is 2. The molecule has 1 aromatic carbocycles. The molecule has 1 aliphatic rings. The Morgan fingerprint density at radius 2 is 2.06 bits per heavy atom. The second-order valence-corrected chi connectivity index (χ2v) is 5.19. The number of nitrogens with two attached hydrogens (primary N) is 1. The van der Waals surface area contributed by atoms with Crippen molar-refractivity contribution < 1.29 is 9.47 Å². The lowest BCUT2D eigenvalue weighted by atomic mass is 9.97. The van der Waals surface area contributed by atoms with Crippen LogP contribution in [0.3, 0.4) is 0 Å². The average Bonchev–Trinajstić information content (AvgIpc) is 2.51. The van der Waals surface area contributed by atoms with E-state index in [2.05, 4.69) is 15.9 Å². The highest BCUT2D eigenvalue weighted by atomic mass is 79.9. The molecule has 2 rings (SSSR count). The Morgan fingerprint density at radius 3 is 2.71 bits per heavy atom. The largest absolute Gasteiger partial charge is 0.496 e. The first kappa shape index (κ1) is 12.7. The van der Waals surface area contributed by atoms with E-state index in [-0.39, 0.29) is 6.04 Å². The highest BCUT2D eigenvalue weighted by Gasteiger charge is 2.24. The third kappa shape index (κ3) is 2.29. The zero-order valence-electron chi connectivity index (χ0n) is 10.3. The number of ether oxygens (including phenoxy) is 2. The van der Waals surface area contributed by atoms with Crippen molar-refractivity contribution in [3.63, 3.8) is 0 Å². The minimum absolute atomic E-state index is 0.0360. The van der Waals surface area contributed by atoms with E-state index in [9.17, 15) is 0 Å². The van der Waals surface area contributed by atoms with E-state index in [0.29, 0.717) is 0 Å². The summed E-state index contributed by atoms with van der Waals surface area (Å²) in [6.45, 7) is 0. The van der Waals surface area contributed by atoms with Crippen molar-refractivity contribution in [2.45, 2.75) is 31.7 Å². The van der Waals surface area contributed by atoms with Crippen molar-refractivity contribution in [3.8, 4) is 11.5 Å². The predicted octanol–water partition coefficient (Wildman–Crippen LogP) is 3.19. The first-order valence-corrected chi connectivity index (χ1v) is 6.67. The quantitative estimate of drug-likeness (QED) is 0.853. The molecule has 94 valence electrons. The van der Waals surface area contributed by atoms with Gasteiger partial charge in [0.25, 0.3) is 0 Å². The summed E-state index contributed by atoms with van der Waals surface area (Å²) in [5.74, 6) is 1.76. The lowest BCUT2D eigenvalue weighted by molar-refractivity contribution is 0.389. The maximum absolute atomic E-state index is 6.26. The van der Waals surface area contributed by atoms with Crippen LogP contribution in [0.5, 0.6) is 11.5 Å². The summed E-state index contributed by atoms with van der Waals surface area (Å²) in [4.78, 5) is 0. The van der Waals surface area contributed by atoms with Crippen molar-refractivity contribution in [1.29, 1.82) is 0 Å². The minimum atomic E-state index is 0.0360. The fraction of sp³-hybridized carbons (Fsp3) is 0.538. The molecule has 17 heavy (non-hydrogen) atoms.